The molecule has 3 saturated carbocycles. The van der Waals surface area contributed by atoms with Crippen molar-refractivity contribution in [3.63, 3.8) is 0 Å². The molecule has 0 radical (unpaired) electrons. The number of hydrogen-bond donors (Lipinski definition) is 2. The molecule has 0 bridgehead atoms. The Hall–Kier alpha value is -1.02. The zero-order valence-electron chi connectivity index (χ0n) is 27.5. The van der Waals surface area contributed by atoms with E-state index in [0.717, 1.165) is 38.0 Å². The van der Waals surface area contributed by atoms with E-state index in [2.05, 4.69) is 40.7 Å². The minimum Gasteiger partial charge on any atom is -0.393 e. The molecule has 1 aliphatic heterocycles. The van der Waals surface area contributed by atoms with E-state index in [1.807, 2.05) is 13.8 Å². The van der Waals surface area contributed by atoms with Gasteiger partial charge < -0.3 is 19.7 Å². The summed E-state index contributed by atoms with van der Waals surface area (Å²) in [7, 11) is 0. The molecule has 4 fully saturated rings. The Bertz CT molecular complexity index is 1030. The summed E-state index contributed by atoms with van der Waals surface area (Å²) in [4.78, 5) is 10.7. The van der Waals surface area contributed by atoms with Gasteiger partial charge in [0.05, 0.1) is 17.8 Å². The molecule has 0 aromatic heterocycles. The van der Waals surface area contributed by atoms with E-state index in [0.29, 0.717) is 35.5 Å². The summed E-state index contributed by atoms with van der Waals surface area (Å²) >= 11 is 0. The van der Waals surface area contributed by atoms with E-state index in [-0.39, 0.29) is 28.4 Å². The molecule has 1 heterocycles. The highest BCUT2D eigenvalue weighted by Crippen LogP contribution is 2.74. The first kappa shape index (κ1) is 32.4. The molecule has 5 rings (SSSR count). The Kier molecular flexibility index (Phi) is 8.79. The van der Waals surface area contributed by atoms with E-state index < -0.39 is 24.1 Å². The normalized spacial score (nSPS) is 45.0. The number of aliphatic hydroxyl groups is 2. The molecule has 7 heteroatoms. The summed E-state index contributed by atoms with van der Waals surface area (Å²) in [5.74, 6) is 2.02. The van der Waals surface area contributed by atoms with Crippen LogP contribution >= 0.6 is 0 Å². The van der Waals surface area contributed by atoms with Crippen molar-refractivity contribution in [3.05, 3.63) is 21.8 Å². The summed E-state index contributed by atoms with van der Waals surface area (Å²) in [6.45, 7) is 16.1. The predicted molar refractivity (Wildman–Crippen MR) is 164 cm³/mol. The zero-order chi connectivity index (χ0) is 30.7. The van der Waals surface area contributed by atoms with Crippen molar-refractivity contribution in [1.82, 2.24) is 0 Å². The topological polar surface area (TPSA) is 102 Å². The molecule has 0 amide bonds. The van der Waals surface area contributed by atoms with Crippen LogP contribution in [0, 0.1) is 49.5 Å². The van der Waals surface area contributed by atoms with Crippen LogP contribution in [-0.4, -0.2) is 51.9 Å². The third-order valence-corrected chi connectivity index (χ3v) is 13.6. The van der Waals surface area contributed by atoms with Crippen molar-refractivity contribution in [3.8, 4) is 0 Å². The van der Waals surface area contributed by atoms with Crippen molar-refractivity contribution in [2.75, 3.05) is 6.54 Å². The summed E-state index contributed by atoms with van der Waals surface area (Å²) in [6, 6.07) is 0. The number of unbranched alkanes of at least 4 members (excludes halogenated alkanes) is 1. The summed E-state index contributed by atoms with van der Waals surface area (Å²) in [5.41, 5.74) is 1.84. The van der Waals surface area contributed by atoms with Crippen molar-refractivity contribution in [2.24, 2.45) is 39.4 Å². The predicted octanol–water partition coefficient (Wildman–Crippen LogP) is 7.45. The maximum Gasteiger partial charge on any atom is 0.229 e. The van der Waals surface area contributed by atoms with E-state index >= 15 is 0 Å². The molecule has 240 valence electrons. The van der Waals surface area contributed by atoms with Gasteiger partial charge >= 0.3 is 0 Å². The molecule has 10 atom stereocenters. The van der Waals surface area contributed by atoms with Gasteiger partial charge in [0.15, 0.2) is 6.29 Å². The Morgan fingerprint density at radius 3 is 2.48 bits per heavy atom. The lowest BCUT2D eigenvalue weighted by molar-refractivity contribution is -0.497. The molecular formula is C35H59NO6. The van der Waals surface area contributed by atoms with E-state index in [4.69, 9.17) is 9.47 Å². The average molecular weight is 590 g/mol. The Balaban J connectivity index is 1.29. The fraction of sp³-hybridized carbons (Fsp3) is 0.943. The van der Waals surface area contributed by atoms with Gasteiger partial charge in [0.2, 0.25) is 6.54 Å². The van der Waals surface area contributed by atoms with Crippen LogP contribution in [0.25, 0.3) is 0 Å². The first-order chi connectivity index (χ1) is 19.5. The summed E-state index contributed by atoms with van der Waals surface area (Å²) in [5, 5.41) is 31.7. The second-order valence-corrected chi connectivity index (χ2v) is 16.9. The Morgan fingerprint density at radius 1 is 1.05 bits per heavy atom. The average Bonchev–Trinajstić information content (AvgIpc) is 3.13. The number of fused-ring (bicyclic) bond motifs is 5. The van der Waals surface area contributed by atoms with Crippen LogP contribution in [0.2, 0.25) is 0 Å². The smallest absolute Gasteiger partial charge is 0.229 e. The molecule has 3 unspecified atom stereocenters. The van der Waals surface area contributed by atoms with Crippen LogP contribution in [0.4, 0.5) is 0 Å². The number of nitrogens with zero attached hydrogens (tertiary/aromatic N) is 1. The Morgan fingerprint density at radius 2 is 1.79 bits per heavy atom. The van der Waals surface area contributed by atoms with Crippen LogP contribution in [0.5, 0.6) is 0 Å². The van der Waals surface area contributed by atoms with Crippen LogP contribution in [-0.2, 0) is 9.47 Å². The third kappa shape index (κ3) is 5.74. The standard InChI is InChI=1S/C35H59NO6/c1-31(2,38)16-9-8-10-23-15-17-35(7)28-13-11-26-27(33(28,5)18-19-34(23,35)6)12-14-29(32(26,3)4)42-30-21-24(37)20-25(41-30)22-36(39)40/h11,23-25,27-30,37-38H,8-10,12-22H2,1-7H3/t23?,24-,25-,27?,28?,29-,30-,33-,34+,35-/m0/s1. The highest BCUT2D eigenvalue weighted by Gasteiger charge is 2.66. The molecule has 0 aromatic rings. The second kappa shape index (κ2) is 11.4. The van der Waals surface area contributed by atoms with Gasteiger partial charge in [0.1, 0.15) is 6.10 Å². The number of aliphatic hydroxyl groups excluding tert-OH is 1. The third-order valence-electron chi connectivity index (χ3n) is 13.6. The largest absolute Gasteiger partial charge is 0.393 e. The van der Waals surface area contributed by atoms with Gasteiger partial charge in [-0.25, -0.2) is 0 Å². The highest BCUT2D eigenvalue weighted by atomic mass is 16.7. The highest BCUT2D eigenvalue weighted by molar-refractivity contribution is 5.30. The minimum atomic E-state index is -0.629. The first-order valence-electron chi connectivity index (χ1n) is 17.0. The van der Waals surface area contributed by atoms with Gasteiger partial charge in [-0.3, -0.25) is 10.1 Å². The SMILES string of the molecule is CC(C)(O)CCCCC1CC[C@@]2(C)C3CC=C4C(CC[C@H](O[C@H]5C[C@@H](O)C[C@@H](C[N+](=O)[O-])O5)C4(C)C)[C@]3(C)CC[C@]12C. The lowest BCUT2D eigenvalue weighted by Gasteiger charge is -2.66. The number of hydrogen-bond acceptors (Lipinski definition) is 6. The molecule has 0 spiro atoms. The van der Waals surface area contributed by atoms with Crippen molar-refractivity contribution < 1.29 is 24.6 Å². The maximum absolute atomic E-state index is 11.1. The van der Waals surface area contributed by atoms with Gasteiger partial charge in [-0.15, -0.1) is 0 Å². The molecule has 1 saturated heterocycles. The van der Waals surface area contributed by atoms with Gasteiger partial charge in [-0.05, 0) is 106 Å². The monoisotopic (exact) mass is 589 g/mol. The van der Waals surface area contributed by atoms with Crippen LogP contribution in [0.15, 0.2) is 11.6 Å². The molecular weight excluding hydrogens is 530 g/mol. The lowest BCUT2D eigenvalue weighted by atomic mass is 9.39. The zero-order valence-corrected chi connectivity index (χ0v) is 27.5. The molecule has 5 aliphatic rings. The second-order valence-electron chi connectivity index (χ2n) is 16.9. The number of ether oxygens (including phenoxy) is 2. The van der Waals surface area contributed by atoms with E-state index in [9.17, 15) is 20.3 Å². The van der Waals surface area contributed by atoms with Crippen LogP contribution < -0.4 is 0 Å². The molecule has 7 nitrogen and oxygen atoms in total. The summed E-state index contributed by atoms with van der Waals surface area (Å²) in [6.07, 6.45) is 14.4. The maximum atomic E-state index is 11.1. The first-order valence-corrected chi connectivity index (χ1v) is 17.0. The molecule has 42 heavy (non-hydrogen) atoms. The van der Waals surface area contributed by atoms with Gasteiger partial charge in [0, 0.05) is 23.2 Å². The molecule has 4 aliphatic carbocycles. The number of allylic oxidation sites excluding steroid dienone is 1. The van der Waals surface area contributed by atoms with Crippen LogP contribution in [0.1, 0.15) is 132 Å². The fourth-order valence-corrected chi connectivity index (χ4v) is 10.9. The summed E-state index contributed by atoms with van der Waals surface area (Å²) < 4.78 is 12.6. The van der Waals surface area contributed by atoms with Crippen molar-refractivity contribution >= 4 is 0 Å². The van der Waals surface area contributed by atoms with E-state index in [1.165, 1.54) is 38.5 Å². The van der Waals surface area contributed by atoms with Crippen molar-refractivity contribution in [1.29, 1.82) is 0 Å². The molecule has 0 aromatic carbocycles. The number of nitro groups is 1. The number of rotatable bonds is 9. The van der Waals surface area contributed by atoms with Gasteiger partial charge in [-0.1, -0.05) is 59.1 Å². The minimum absolute atomic E-state index is 0.0316. The molecule has 2 N–H and O–H groups in total. The van der Waals surface area contributed by atoms with Crippen LogP contribution in [0.3, 0.4) is 0 Å². The van der Waals surface area contributed by atoms with E-state index in [1.54, 1.807) is 5.57 Å². The quantitative estimate of drug-likeness (QED) is 0.125. The fourth-order valence-electron chi connectivity index (χ4n) is 10.9. The van der Waals surface area contributed by atoms with Gasteiger partial charge in [-0.2, -0.15) is 0 Å². The lowest BCUT2D eigenvalue weighted by Crippen LogP contribution is -2.59. The van der Waals surface area contributed by atoms with Gasteiger partial charge in [0.25, 0.3) is 0 Å². The van der Waals surface area contributed by atoms with Crippen molar-refractivity contribution in [2.45, 2.75) is 162 Å². The Labute approximate surface area is 254 Å².